The van der Waals surface area contributed by atoms with E-state index in [1.807, 2.05) is 12.2 Å². The van der Waals surface area contributed by atoms with E-state index in [-0.39, 0.29) is 10.8 Å². The smallest absolute Gasteiger partial charge is 0.161 e. The van der Waals surface area contributed by atoms with Gasteiger partial charge in [0.05, 0.1) is 6.61 Å². The van der Waals surface area contributed by atoms with E-state index in [0.717, 1.165) is 30.3 Å². The van der Waals surface area contributed by atoms with Gasteiger partial charge in [-0.3, -0.25) is 0 Å². The van der Waals surface area contributed by atoms with Gasteiger partial charge in [-0.2, -0.15) is 0 Å². The van der Waals surface area contributed by atoms with Crippen molar-refractivity contribution in [3.63, 3.8) is 0 Å². The number of fused-ring (bicyclic) bond motifs is 2. The fraction of sp³-hybridized carbons (Fsp3) is 0.455. The highest BCUT2D eigenvalue weighted by Crippen LogP contribution is 2.32. The molecule has 0 amide bonds. The molecule has 2 fully saturated rings. The highest BCUT2D eigenvalue weighted by atomic mass is 16.6. The van der Waals surface area contributed by atoms with Crippen LogP contribution in [0.1, 0.15) is 34.1 Å². The molecular weight excluding hydrogens is 312 g/mol. The minimum atomic E-state index is 0.0499. The molecule has 0 atom stereocenters. The molecule has 3 heteroatoms. The average molecular weight is 340 g/mol. The Bertz CT molecular complexity index is 697. The second-order valence-electron chi connectivity index (χ2n) is 7.90. The summed E-state index contributed by atoms with van der Waals surface area (Å²) in [5.41, 5.74) is 1.60. The van der Waals surface area contributed by atoms with E-state index in [2.05, 4.69) is 64.2 Å². The molecule has 4 aliphatic rings. The molecule has 0 aromatic heterocycles. The summed E-state index contributed by atoms with van der Waals surface area (Å²) >= 11 is 0. The first-order valence-corrected chi connectivity index (χ1v) is 8.97. The molecular formula is C22H28O3. The van der Waals surface area contributed by atoms with Crippen LogP contribution in [0, 0.1) is 10.8 Å². The van der Waals surface area contributed by atoms with Crippen molar-refractivity contribution in [2.75, 3.05) is 19.8 Å². The lowest BCUT2D eigenvalue weighted by molar-refractivity contribution is 0.0583. The summed E-state index contributed by atoms with van der Waals surface area (Å²) < 4.78 is 16.5. The Kier molecular flexibility index (Phi) is 4.94. The van der Waals surface area contributed by atoms with Gasteiger partial charge in [0.15, 0.2) is 11.5 Å². The number of rotatable bonds is 0. The lowest BCUT2D eigenvalue weighted by Crippen LogP contribution is -2.15. The Morgan fingerprint density at radius 1 is 0.680 bits per heavy atom. The van der Waals surface area contributed by atoms with Crippen molar-refractivity contribution in [2.24, 2.45) is 10.8 Å². The van der Waals surface area contributed by atoms with E-state index < -0.39 is 0 Å². The van der Waals surface area contributed by atoms with Crippen molar-refractivity contribution in [1.29, 1.82) is 0 Å². The Morgan fingerprint density at radius 3 is 1.96 bits per heavy atom. The fourth-order valence-corrected chi connectivity index (χ4v) is 3.12. The van der Waals surface area contributed by atoms with Gasteiger partial charge in [0.2, 0.25) is 0 Å². The third-order valence-electron chi connectivity index (χ3n) is 4.38. The van der Waals surface area contributed by atoms with Gasteiger partial charge in [-0.1, -0.05) is 58.1 Å². The number of allylic oxidation sites excluding steroid dienone is 9. The summed E-state index contributed by atoms with van der Waals surface area (Å²) in [4.78, 5) is 0. The van der Waals surface area contributed by atoms with E-state index >= 15 is 0 Å². The second kappa shape index (κ2) is 6.99. The van der Waals surface area contributed by atoms with Crippen LogP contribution in [0.2, 0.25) is 0 Å². The highest BCUT2D eigenvalue weighted by Gasteiger charge is 2.22. The first-order valence-electron chi connectivity index (χ1n) is 8.97. The summed E-state index contributed by atoms with van der Waals surface area (Å²) in [5.74, 6) is 2.80. The molecule has 0 N–H and O–H groups in total. The molecule has 25 heavy (non-hydrogen) atoms. The summed E-state index contributed by atoms with van der Waals surface area (Å²) in [6.07, 6.45) is 17.9. The Labute approximate surface area is 151 Å². The largest absolute Gasteiger partial charge is 0.493 e. The maximum absolute atomic E-state index is 5.53. The first kappa shape index (κ1) is 17.7. The third-order valence-corrected chi connectivity index (χ3v) is 4.38. The lowest BCUT2D eigenvalue weighted by atomic mass is 9.91. The van der Waals surface area contributed by atoms with E-state index in [0.29, 0.717) is 13.2 Å². The van der Waals surface area contributed by atoms with E-state index in [9.17, 15) is 0 Å². The highest BCUT2D eigenvalue weighted by molar-refractivity contribution is 5.37. The van der Waals surface area contributed by atoms with Crippen LogP contribution in [-0.2, 0) is 14.2 Å². The molecule has 2 heterocycles. The summed E-state index contributed by atoms with van der Waals surface area (Å²) in [6.45, 7) is 10.9. The van der Waals surface area contributed by atoms with Crippen molar-refractivity contribution in [3.8, 4) is 0 Å². The normalized spacial score (nSPS) is 24.8. The molecule has 3 nitrogen and oxygen atoms in total. The molecule has 2 aliphatic heterocycles. The SMILES string of the molecule is CC1(C)C=CC=C2OCCC2=C1.CC1(C)C=CC=C2OCCOC2=C1. The van der Waals surface area contributed by atoms with Crippen LogP contribution in [0.5, 0.6) is 0 Å². The van der Waals surface area contributed by atoms with Crippen molar-refractivity contribution in [1.82, 2.24) is 0 Å². The van der Waals surface area contributed by atoms with Crippen molar-refractivity contribution in [3.05, 3.63) is 71.5 Å². The van der Waals surface area contributed by atoms with Crippen LogP contribution >= 0.6 is 0 Å². The predicted octanol–water partition coefficient (Wildman–Crippen LogP) is 5.21. The van der Waals surface area contributed by atoms with Crippen LogP contribution in [0.4, 0.5) is 0 Å². The lowest BCUT2D eigenvalue weighted by Gasteiger charge is -2.22. The number of ether oxygens (including phenoxy) is 3. The number of hydrogen-bond acceptors (Lipinski definition) is 3. The van der Waals surface area contributed by atoms with Crippen LogP contribution in [-0.4, -0.2) is 19.8 Å². The molecule has 2 saturated heterocycles. The van der Waals surface area contributed by atoms with Gasteiger partial charge in [0.25, 0.3) is 0 Å². The van der Waals surface area contributed by atoms with Gasteiger partial charge >= 0.3 is 0 Å². The molecule has 0 saturated carbocycles. The Balaban J connectivity index is 0.000000146. The van der Waals surface area contributed by atoms with Gasteiger partial charge < -0.3 is 14.2 Å². The minimum absolute atomic E-state index is 0.0499. The van der Waals surface area contributed by atoms with Crippen LogP contribution < -0.4 is 0 Å². The van der Waals surface area contributed by atoms with Gasteiger partial charge in [-0.05, 0) is 23.8 Å². The monoisotopic (exact) mass is 340 g/mol. The van der Waals surface area contributed by atoms with Gasteiger partial charge in [-0.15, -0.1) is 0 Å². The molecule has 0 spiro atoms. The number of hydrogen-bond donors (Lipinski definition) is 0. The molecule has 2 aliphatic carbocycles. The molecule has 4 rings (SSSR count). The third kappa shape index (κ3) is 4.68. The topological polar surface area (TPSA) is 27.7 Å². The summed E-state index contributed by atoms with van der Waals surface area (Å²) in [6, 6.07) is 0. The van der Waals surface area contributed by atoms with Crippen molar-refractivity contribution in [2.45, 2.75) is 34.1 Å². The molecule has 134 valence electrons. The van der Waals surface area contributed by atoms with Gasteiger partial charge in [-0.25, -0.2) is 0 Å². The van der Waals surface area contributed by atoms with Crippen LogP contribution in [0.15, 0.2) is 71.5 Å². The summed E-state index contributed by atoms with van der Waals surface area (Å²) in [5, 5.41) is 0. The maximum Gasteiger partial charge on any atom is 0.161 e. The van der Waals surface area contributed by atoms with Crippen LogP contribution in [0.25, 0.3) is 0 Å². The van der Waals surface area contributed by atoms with Crippen molar-refractivity contribution < 1.29 is 14.2 Å². The maximum atomic E-state index is 5.53. The Hall–Kier alpha value is -2.16. The zero-order valence-corrected chi connectivity index (χ0v) is 15.7. The standard InChI is InChI=1S/C11H14O2.C11H14O/c1-11(2)5-3-4-9-10(8-11)13-7-6-12-9;1-11(2)6-3-4-10-9(8-11)5-7-12-10/h3-5,8H,6-7H2,1-2H3;3-4,6,8H,5,7H2,1-2H3. The average Bonchev–Trinajstić information content (AvgIpc) is 2.81. The molecule has 0 aromatic carbocycles. The van der Waals surface area contributed by atoms with E-state index in [4.69, 9.17) is 14.2 Å². The molecule has 0 unspecified atom stereocenters. The van der Waals surface area contributed by atoms with Crippen molar-refractivity contribution >= 4 is 0 Å². The minimum Gasteiger partial charge on any atom is -0.493 e. The zero-order valence-electron chi connectivity index (χ0n) is 15.7. The fourth-order valence-electron chi connectivity index (χ4n) is 3.12. The van der Waals surface area contributed by atoms with Gasteiger partial charge in [0.1, 0.15) is 19.0 Å². The second-order valence-corrected chi connectivity index (χ2v) is 7.90. The quantitative estimate of drug-likeness (QED) is 0.606. The zero-order chi connectivity index (χ0) is 17.9. The predicted molar refractivity (Wildman–Crippen MR) is 101 cm³/mol. The van der Waals surface area contributed by atoms with E-state index in [1.54, 1.807) is 0 Å². The van der Waals surface area contributed by atoms with Crippen LogP contribution in [0.3, 0.4) is 0 Å². The van der Waals surface area contributed by atoms with Gasteiger partial charge in [0, 0.05) is 17.3 Å². The molecule has 0 aromatic rings. The first-order chi connectivity index (χ1) is 11.8. The molecule has 0 radical (unpaired) electrons. The Morgan fingerprint density at radius 2 is 1.24 bits per heavy atom. The summed E-state index contributed by atoms with van der Waals surface area (Å²) in [7, 11) is 0. The molecule has 0 bridgehead atoms. The van der Waals surface area contributed by atoms with E-state index in [1.165, 1.54) is 5.57 Å².